The summed E-state index contributed by atoms with van der Waals surface area (Å²) in [5.41, 5.74) is 1.54. The van der Waals surface area contributed by atoms with Crippen molar-refractivity contribution in [2.24, 2.45) is 0 Å². The Morgan fingerprint density at radius 1 is 1.26 bits per heavy atom. The van der Waals surface area contributed by atoms with Crippen molar-refractivity contribution in [1.82, 2.24) is 15.5 Å². The predicted molar refractivity (Wildman–Crippen MR) is 101 cm³/mol. The van der Waals surface area contributed by atoms with E-state index in [1.165, 1.54) is 0 Å². The second-order valence-corrected chi connectivity index (χ2v) is 7.12. The van der Waals surface area contributed by atoms with E-state index in [9.17, 15) is 9.59 Å². The lowest BCUT2D eigenvalue weighted by molar-refractivity contribution is 0.0980. The van der Waals surface area contributed by atoms with Crippen LogP contribution in [0, 0.1) is 5.41 Å². The Morgan fingerprint density at radius 2 is 2.00 bits per heavy atom. The monoisotopic (exact) mass is 368 g/mol. The number of benzene rings is 1. The molecular weight excluding hydrogens is 344 g/mol. The van der Waals surface area contributed by atoms with Gasteiger partial charge in [-0.05, 0) is 39.2 Å². The molecule has 1 aliphatic carbocycles. The molecule has 2 atom stereocenters. The van der Waals surface area contributed by atoms with Crippen LogP contribution in [0.1, 0.15) is 60.8 Å². The Labute approximate surface area is 158 Å². The average molecular weight is 368 g/mol. The van der Waals surface area contributed by atoms with E-state index in [2.05, 4.69) is 15.5 Å². The summed E-state index contributed by atoms with van der Waals surface area (Å²) in [5, 5.41) is 18.0. The van der Waals surface area contributed by atoms with Gasteiger partial charge in [-0.25, -0.2) is 4.79 Å². The summed E-state index contributed by atoms with van der Waals surface area (Å²) >= 11 is 0. The van der Waals surface area contributed by atoms with Crippen LogP contribution in [-0.4, -0.2) is 39.9 Å². The van der Waals surface area contributed by atoms with Crippen molar-refractivity contribution >= 4 is 17.6 Å². The average Bonchev–Trinajstić information content (AvgIpc) is 3.30. The SMILES string of the molecule is CC(C)NC(=O)O[C@@H]1CC[C@H](c2cc(C(=N)C(=O)c3ccccc3)n[nH]2)C1. The van der Waals surface area contributed by atoms with E-state index in [1.807, 2.05) is 19.9 Å². The molecule has 0 unspecified atom stereocenters. The number of carbonyl (C=O) groups excluding carboxylic acids is 2. The van der Waals surface area contributed by atoms with Crippen molar-refractivity contribution in [3.05, 3.63) is 53.3 Å². The number of hydrogen-bond donors (Lipinski definition) is 3. The summed E-state index contributed by atoms with van der Waals surface area (Å²) in [6, 6.07) is 10.5. The van der Waals surface area contributed by atoms with E-state index in [4.69, 9.17) is 10.1 Å². The van der Waals surface area contributed by atoms with Gasteiger partial charge in [0.2, 0.25) is 5.78 Å². The number of rotatable bonds is 6. The number of H-pyrrole nitrogens is 1. The number of Topliss-reactive ketones (excluding diaryl/α,β-unsaturated/α-hetero) is 1. The maximum absolute atomic E-state index is 12.4. The molecule has 7 heteroatoms. The summed E-state index contributed by atoms with van der Waals surface area (Å²) in [6.07, 6.45) is 1.82. The smallest absolute Gasteiger partial charge is 0.407 e. The molecule has 1 heterocycles. The van der Waals surface area contributed by atoms with Crippen molar-refractivity contribution in [3.63, 3.8) is 0 Å². The number of nitrogens with zero attached hydrogens (tertiary/aromatic N) is 1. The highest BCUT2D eigenvalue weighted by Gasteiger charge is 2.30. The van der Waals surface area contributed by atoms with Gasteiger partial charge in [0.1, 0.15) is 17.5 Å². The minimum Gasteiger partial charge on any atom is -0.446 e. The van der Waals surface area contributed by atoms with Crippen LogP contribution in [0.25, 0.3) is 0 Å². The predicted octanol–water partition coefficient (Wildman–Crippen LogP) is 3.43. The molecule has 0 saturated heterocycles. The summed E-state index contributed by atoms with van der Waals surface area (Å²) in [5.74, 6) is -0.186. The molecule has 142 valence electrons. The number of alkyl carbamates (subject to hydrolysis) is 1. The molecule has 1 fully saturated rings. The molecular formula is C20H24N4O3. The van der Waals surface area contributed by atoms with Crippen molar-refractivity contribution < 1.29 is 14.3 Å². The van der Waals surface area contributed by atoms with Gasteiger partial charge >= 0.3 is 6.09 Å². The number of carbonyl (C=O) groups is 2. The summed E-state index contributed by atoms with van der Waals surface area (Å²) < 4.78 is 5.44. The van der Waals surface area contributed by atoms with Gasteiger partial charge in [-0.15, -0.1) is 0 Å². The van der Waals surface area contributed by atoms with E-state index < -0.39 is 6.09 Å². The van der Waals surface area contributed by atoms with Crippen LogP contribution in [0.3, 0.4) is 0 Å². The fourth-order valence-electron chi connectivity index (χ4n) is 3.27. The second kappa shape index (κ2) is 8.16. The van der Waals surface area contributed by atoms with Gasteiger partial charge in [-0.1, -0.05) is 30.3 Å². The standard InChI is InChI=1S/C20H24N4O3/c1-12(2)22-20(26)27-15-9-8-14(10-15)16-11-17(24-23-16)18(21)19(25)13-6-4-3-5-7-13/h3-7,11-12,14-15,21H,8-10H2,1-2H3,(H,22,26)(H,23,24)/t14-,15+/m0/s1. The van der Waals surface area contributed by atoms with E-state index in [0.29, 0.717) is 17.7 Å². The van der Waals surface area contributed by atoms with E-state index >= 15 is 0 Å². The first-order valence-electron chi connectivity index (χ1n) is 9.15. The third kappa shape index (κ3) is 4.61. The highest BCUT2D eigenvalue weighted by molar-refractivity contribution is 6.49. The van der Waals surface area contributed by atoms with Crippen LogP contribution in [-0.2, 0) is 4.74 Å². The van der Waals surface area contributed by atoms with Crippen LogP contribution in [0.15, 0.2) is 36.4 Å². The number of amides is 1. The molecule has 1 aromatic carbocycles. The van der Waals surface area contributed by atoms with Gasteiger partial charge in [0.25, 0.3) is 0 Å². The quantitative estimate of drug-likeness (QED) is 0.536. The third-order valence-corrected chi connectivity index (χ3v) is 4.62. The van der Waals surface area contributed by atoms with E-state index in [-0.39, 0.29) is 29.6 Å². The Hall–Kier alpha value is -2.96. The van der Waals surface area contributed by atoms with Crippen molar-refractivity contribution in [2.75, 3.05) is 0 Å². The van der Waals surface area contributed by atoms with Crippen molar-refractivity contribution in [2.45, 2.75) is 51.2 Å². The largest absolute Gasteiger partial charge is 0.446 e. The fourth-order valence-corrected chi connectivity index (χ4v) is 3.27. The molecule has 3 N–H and O–H groups in total. The van der Waals surface area contributed by atoms with Gasteiger partial charge < -0.3 is 10.1 Å². The maximum Gasteiger partial charge on any atom is 0.407 e. The lowest BCUT2D eigenvalue weighted by Gasteiger charge is -2.14. The highest BCUT2D eigenvalue weighted by atomic mass is 16.6. The number of ether oxygens (including phenoxy) is 1. The maximum atomic E-state index is 12.4. The molecule has 0 radical (unpaired) electrons. The molecule has 2 aromatic rings. The van der Waals surface area contributed by atoms with Crippen LogP contribution < -0.4 is 5.32 Å². The van der Waals surface area contributed by atoms with Gasteiger partial charge in [-0.2, -0.15) is 5.10 Å². The molecule has 1 amide bonds. The van der Waals surface area contributed by atoms with Gasteiger partial charge in [0.05, 0.1) is 0 Å². The first-order valence-corrected chi connectivity index (χ1v) is 9.15. The van der Waals surface area contributed by atoms with Crippen LogP contribution in [0.5, 0.6) is 0 Å². The minimum absolute atomic E-state index is 0.0398. The Kier molecular flexibility index (Phi) is 5.69. The van der Waals surface area contributed by atoms with Crippen LogP contribution in [0.2, 0.25) is 0 Å². The number of aromatic amines is 1. The van der Waals surface area contributed by atoms with Crippen LogP contribution in [0.4, 0.5) is 4.79 Å². The lowest BCUT2D eigenvalue weighted by Crippen LogP contribution is -2.33. The Balaban J connectivity index is 1.60. The topological polar surface area (TPSA) is 108 Å². The molecule has 0 bridgehead atoms. The lowest BCUT2D eigenvalue weighted by atomic mass is 10.0. The van der Waals surface area contributed by atoms with Gasteiger partial charge in [-0.3, -0.25) is 15.3 Å². The van der Waals surface area contributed by atoms with Gasteiger partial charge in [0.15, 0.2) is 0 Å². The second-order valence-electron chi connectivity index (χ2n) is 7.12. The molecule has 0 spiro atoms. The van der Waals surface area contributed by atoms with Gasteiger partial charge in [0, 0.05) is 23.2 Å². The summed E-state index contributed by atoms with van der Waals surface area (Å²) in [7, 11) is 0. The summed E-state index contributed by atoms with van der Waals surface area (Å²) in [6.45, 7) is 3.77. The third-order valence-electron chi connectivity index (χ3n) is 4.62. The zero-order valence-electron chi connectivity index (χ0n) is 15.5. The van der Waals surface area contributed by atoms with Crippen molar-refractivity contribution in [3.8, 4) is 0 Å². The zero-order chi connectivity index (χ0) is 19.4. The summed E-state index contributed by atoms with van der Waals surface area (Å²) in [4.78, 5) is 24.1. The molecule has 0 aliphatic heterocycles. The molecule has 1 aliphatic rings. The molecule has 27 heavy (non-hydrogen) atoms. The zero-order valence-corrected chi connectivity index (χ0v) is 15.5. The molecule has 1 saturated carbocycles. The van der Waals surface area contributed by atoms with E-state index in [0.717, 1.165) is 18.5 Å². The Bertz CT molecular complexity index is 829. The number of nitrogens with one attached hydrogen (secondary N) is 3. The number of aromatic nitrogens is 2. The molecule has 1 aromatic heterocycles. The van der Waals surface area contributed by atoms with Crippen molar-refractivity contribution in [1.29, 1.82) is 5.41 Å². The highest BCUT2D eigenvalue weighted by Crippen LogP contribution is 2.35. The molecule has 7 nitrogen and oxygen atoms in total. The number of hydrogen-bond acceptors (Lipinski definition) is 5. The number of ketones is 1. The fraction of sp³-hybridized carbons (Fsp3) is 0.400. The van der Waals surface area contributed by atoms with Crippen LogP contribution >= 0.6 is 0 Å². The molecule has 3 rings (SSSR count). The minimum atomic E-state index is -0.392. The first kappa shape index (κ1) is 18.8. The first-order chi connectivity index (χ1) is 12.9. The van der Waals surface area contributed by atoms with E-state index in [1.54, 1.807) is 30.3 Å². The normalized spacial score (nSPS) is 19.1. The Morgan fingerprint density at radius 3 is 2.70 bits per heavy atom.